The zero-order valence-electron chi connectivity index (χ0n) is 36.6. The van der Waals surface area contributed by atoms with Crippen LogP contribution >= 0.6 is 0 Å². The van der Waals surface area contributed by atoms with Crippen LogP contribution in [0.3, 0.4) is 0 Å². The van der Waals surface area contributed by atoms with Crippen molar-refractivity contribution in [3.05, 3.63) is 188 Å². The first-order valence-electron chi connectivity index (χ1n) is 20.8. The topological polar surface area (TPSA) is 152 Å². The number of carbonyl (C=O) groups is 4. The van der Waals surface area contributed by atoms with Crippen LogP contribution in [0.4, 0.5) is 0 Å². The fourth-order valence-electron chi connectivity index (χ4n) is 7.89. The Morgan fingerprint density at radius 1 is 0.469 bits per heavy atom. The zero-order valence-corrected chi connectivity index (χ0v) is 36.6. The van der Waals surface area contributed by atoms with Crippen LogP contribution in [0.2, 0.25) is 0 Å². The predicted molar refractivity (Wildman–Crippen MR) is 242 cm³/mol. The molecule has 4 heterocycles. The molecule has 64 heavy (non-hydrogen) atoms. The summed E-state index contributed by atoms with van der Waals surface area (Å²) in [6.07, 6.45) is 5.54. The number of aliphatic hydroxyl groups excluding tert-OH is 2. The Labute approximate surface area is 372 Å². The van der Waals surface area contributed by atoms with E-state index in [0.29, 0.717) is 22.9 Å². The van der Waals surface area contributed by atoms with Crippen molar-refractivity contribution in [2.45, 2.75) is 39.9 Å². The number of amides is 2. The van der Waals surface area contributed by atoms with Crippen LogP contribution in [0.15, 0.2) is 144 Å². The Morgan fingerprint density at radius 3 is 1.08 bits per heavy atom. The van der Waals surface area contributed by atoms with E-state index in [4.69, 9.17) is 18.9 Å². The van der Waals surface area contributed by atoms with Gasteiger partial charge < -0.3 is 39.0 Å². The van der Waals surface area contributed by atoms with Crippen LogP contribution in [0, 0.1) is 27.7 Å². The molecule has 4 aromatic carbocycles. The van der Waals surface area contributed by atoms with Gasteiger partial charge in [-0.3, -0.25) is 9.59 Å². The van der Waals surface area contributed by atoms with Gasteiger partial charge in [0.05, 0.1) is 72.2 Å². The minimum absolute atomic E-state index is 0.130. The van der Waals surface area contributed by atoms with Gasteiger partial charge in [-0.2, -0.15) is 0 Å². The van der Waals surface area contributed by atoms with E-state index in [1.54, 1.807) is 34.1 Å². The molecule has 0 aliphatic carbocycles. The zero-order chi connectivity index (χ0) is 45.7. The van der Waals surface area contributed by atoms with Gasteiger partial charge in [0.15, 0.2) is 0 Å². The van der Waals surface area contributed by atoms with Crippen LogP contribution in [-0.4, -0.2) is 96.5 Å². The number of cyclic esters (lactones) is 2. The molecule has 4 aliphatic rings. The number of hydrogen-bond donors (Lipinski definition) is 2. The molecule has 0 aromatic heterocycles. The lowest BCUT2D eigenvalue weighted by Crippen LogP contribution is -2.38. The second-order valence-electron chi connectivity index (χ2n) is 15.7. The van der Waals surface area contributed by atoms with Gasteiger partial charge in [-0.05, 0) is 74.3 Å². The van der Waals surface area contributed by atoms with E-state index in [1.165, 1.54) is 14.2 Å². The summed E-state index contributed by atoms with van der Waals surface area (Å²) < 4.78 is 21.5. The molecule has 2 unspecified atom stereocenters. The highest BCUT2D eigenvalue weighted by Gasteiger charge is 2.39. The third kappa shape index (κ3) is 9.08. The van der Waals surface area contributed by atoms with Gasteiger partial charge in [0, 0.05) is 36.5 Å². The molecule has 0 spiro atoms. The Morgan fingerprint density at radius 2 is 0.781 bits per heavy atom. The van der Waals surface area contributed by atoms with Gasteiger partial charge in [0.1, 0.15) is 11.5 Å². The monoisotopic (exact) mass is 862 g/mol. The summed E-state index contributed by atoms with van der Waals surface area (Å²) in [5.41, 5.74) is 9.56. The number of aliphatic hydroxyl groups is 2. The van der Waals surface area contributed by atoms with E-state index >= 15 is 0 Å². The van der Waals surface area contributed by atoms with Crippen molar-refractivity contribution in [1.82, 2.24) is 9.80 Å². The molecule has 4 aromatic rings. The first kappa shape index (κ1) is 45.1. The average molecular weight is 863 g/mol. The maximum atomic E-state index is 13.9. The van der Waals surface area contributed by atoms with Crippen molar-refractivity contribution >= 4 is 46.7 Å². The third-order valence-corrected chi connectivity index (χ3v) is 11.6. The maximum absolute atomic E-state index is 13.9. The lowest BCUT2D eigenvalue weighted by molar-refractivity contribution is -0.133. The summed E-state index contributed by atoms with van der Waals surface area (Å²) in [5.74, 6) is -0.873. The molecule has 2 N–H and O–H groups in total. The molecular formula is C52H50N2O10. The predicted octanol–water partition coefficient (Wildman–Crippen LogP) is 6.78. The van der Waals surface area contributed by atoms with Crippen molar-refractivity contribution < 1.29 is 48.3 Å². The number of methoxy groups -OCH3 is 2. The number of benzene rings is 4. The third-order valence-electron chi connectivity index (χ3n) is 11.6. The number of esters is 2. The fourth-order valence-corrected chi connectivity index (χ4v) is 7.89. The van der Waals surface area contributed by atoms with Gasteiger partial charge >= 0.3 is 11.9 Å². The summed E-state index contributed by atoms with van der Waals surface area (Å²) in [7, 11) is 2.97. The Kier molecular flexibility index (Phi) is 13.8. The summed E-state index contributed by atoms with van der Waals surface area (Å²) in [6, 6.07) is 30.7. The highest BCUT2D eigenvalue weighted by molar-refractivity contribution is 6.18. The molecule has 4 aliphatic heterocycles. The number of hydrogen-bond acceptors (Lipinski definition) is 10. The molecule has 0 saturated heterocycles. The Balaban J connectivity index is 0.000000205. The van der Waals surface area contributed by atoms with E-state index in [1.807, 2.05) is 125 Å². The van der Waals surface area contributed by atoms with E-state index in [-0.39, 0.29) is 60.4 Å². The smallest absolute Gasteiger partial charge is 0.344 e. The normalized spacial score (nSPS) is 19.2. The van der Waals surface area contributed by atoms with Crippen LogP contribution in [-0.2, 0) is 38.1 Å². The number of nitrogens with zero attached hydrogens (tertiary/aromatic N) is 2. The molecule has 8 rings (SSSR count). The highest BCUT2D eigenvalue weighted by atomic mass is 16.6. The lowest BCUT2D eigenvalue weighted by atomic mass is 10.0. The van der Waals surface area contributed by atoms with Crippen LogP contribution < -0.4 is 0 Å². The van der Waals surface area contributed by atoms with Gasteiger partial charge in [-0.25, -0.2) is 9.59 Å². The first-order chi connectivity index (χ1) is 30.9. The molecule has 328 valence electrons. The summed E-state index contributed by atoms with van der Waals surface area (Å²) >= 11 is 0. The first-order valence-corrected chi connectivity index (χ1v) is 20.8. The van der Waals surface area contributed by atoms with Gasteiger partial charge in [-0.1, -0.05) is 97.1 Å². The number of carbonyl (C=O) groups excluding carboxylic acids is 4. The maximum Gasteiger partial charge on any atom is 0.344 e. The lowest BCUT2D eigenvalue weighted by Gasteiger charge is -2.26. The SMILES string of the molecule is COC(CO)CN1C(=O)/C(=C2\C=C(c3ccccc3C)N(CC(CO)OC)C2=O)C=C1c1ccccc1C.Cc1ccccc1C1=C/C(=C2/C=C(c3ccccc3C)OC2=O)C(=O)O1. The number of ether oxygens (including phenoxy) is 4. The van der Waals surface area contributed by atoms with Crippen molar-refractivity contribution in [3.63, 3.8) is 0 Å². The van der Waals surface area contributed by atoms with E-state index < -0.39 is 24.1 Å². The van der Waals surface area contributed by atoms with Crippen LogP contribution in [0.1, 0.15) is 44.5 Å². The second-order valence-corrected chi connectivity index (χ2v) is 15.7. The van der Waals surface area contributed by atoms with E-state index in [2.05, 4.69) is 0 Å². The summed E-state index contributed by atoms with van der Waals surface area (Å²) in [5, 5.41) is 19.5. The van der Waals surface area contributed by atoms with Crippen LogP contribution in [0.5, 0.6) is 0 Å². The molecule has 2 amide bonds. The van der Waals surface area contributed by atoms with E-state index in [0.717, 1.165) is 44.5 Å². The minimum atomic E-state index is -0.586. The van der Waals surface area contributed by atoms with Gasteiger partial charge in [-0.15, -0.1) is 0 Å². The largest absolute Gasteiger partial charge is 0.422 e. The number of rotatable bonds is 12. The van der Waals surface area contributed by atoms with Crippen molar-refractivity contribution in [3.8, 4) is 0 Å². The highest BCUT2D eigenvalue weighted by Crippen LogP contribution is 2.39. The Bertz CT molecular complexity index is 2530. The molecule has 12 heteroatoms. The molecular weight excluding hydrogens is 813 g/mol. The number of aryl methyl sites for hydroxylation is 4. The minimum Gasteiger partial charge on any atom is -0.422 e. The summed E-state index contributed by atoms with van der Waals surface area (Å²) in [4.78, 5) is 55.6. The average Bonchev–Trinajstić information content (AvgIpc) is 4.05. The van der Waals surface area contributed by atoms with Crippen LogP contribution in [0.25, 0.3) is 22.9 Å². The van der Waals surface area contributed by atoms with Gasteiger partial charge in [0.2, 0.25) is 0 Å². The Hall–Kier alpha value is -6.96. The molecule has 2 atom stereocenters. The molecule has 0 radical (unpaired) electrons. The van der Waals surface area contributed by atoms with Crippen molar-refractivity contribution in [2.75, 3.05) is 40.5 Å². The standard InChI is InChI=1S/C30H34N2O6.C22H16O4/c1-19-9-5-7-11-23(19)27-13-25(29(35)31(27)15-21(17-33)37-3)26-14-28(24-12-8-6-10-20(24)2)32(30(26)36)16-22(18-34)38-4;1-13-7-3-5-9-15(13)19-11-17(21(23)25-19)18-12-20(26-22(18)24)16-10-6-4-8-14(16)2/h5-14,21-22,33-34H,15-18H2,1-4H3;3-12H,1-2H3/b26-25+;18-17+. The molecule has 0 saturated carbocycles. The molecule has 0 fully saturated rings. The molecule has 12 nitrogen and oxygen atoms in total. The summed E-state index contributed by atoms with van der Waals surface area (Å²) in [6.45, 7) is 7.55. The molecule has 0 bridgehead atoms. The van der Waals surface area contributed by atoms with E-state index in [9.17, 15) is 29.4 Å². The van der Waals surface area contributed by atoms with Gasteiger partial charge in [0.25, 0.3) is 11.8 Å². The van der Waals surface area contributed by atoms with Crippen molar-refractivity contribution in [1.29, 1.82) is 0 Å². The fraction of sp³-hybridized carbons (Fsp3) is 0.231. The quantitative estimate of drug-likeness (QED) is 0.115. The second kappa shape index (κ2) is 19.6. The van der Waals surface area contributed by atoms with Crippen molar-refractivity contribution in [2.24, 2.45) is 0 Å².